The van der Waals surface area contributed by atoms with Crippen LogP contribution in [0.5, 0.6) is 0 Å². The maximum absolute atomic E-state index is 13.7. The van der Waals surface area contributed by atoms with Gasteiger partial charge in [-0.2, -0.15) is 4.68 Å². The van der Waals surface area contributed by atoms with Crippen LogP contribution < -0.4 is 5.32 Å². The Hall–Kier alpha value is -2.77. The minimum Gasteiger partial charge on any atom is -0.456 e. The van der Waals surface area contributed by atoms with E-state index in [-0.39, 0.29) is 0 Å². The third-order valence-electron chi connectivity index (χ3n) is 3.50. The lowest BCUT2D eigenvalue weighted by Gasteiger charge is -2.29. The number of fused-ring (bicyclic) bond motifs is 1. The summed E-state index contributed by atoms with van der Waals surface area (Å²) in [4.78, 5) is 12.7. The third kappa shape index (κ3) is 2.99. The average Bonchev–Trinajstić information content (AvgIpc) is 2.91. The highest BCUT2D eigenvalue weighted by molar-refractivity contribution is 5.92. The maximum Gasteiger partial charge on any atom is 0.338 e. The maximum atomic E-state index is 13.7. The van der Waals surface area contributed by atoms with Crippen molar-refractivity contribution in [1.29, 1.82) is 0 Å². The first-order chi connectivity index (χ1) is 11.3. The van der Waals surface area contributed by atoms with Crippen LogP contribution in [0.2, 0.25) is 0 Å². The number of hydrogen-bond acceptors (Lipinski definition) is 6. The summed E-state index contributed by atoms with van der Waals surface area (Å²) < 4.78 is 20.7. The van der Waals surface area contributed by atoms with Crippen LogP contribution in [0.4, 0.5) is 10.3 Å². The Morgan fingerprint density at radius 1 is 1.38 bits per heavy atom. The van der Waals surface area contributed by atoms with E-state index in [1.165, 1.54) is 16.8 Å². The highest BCUT2D eigenvalue weighted by Crippen LogP contribution is 2.35. The van der Waals surface area contributed by atoms with Crippen molar-refractivity contribution >= 4 is 11.9 Å². The fourth-order valence-corrected chi connectivity index (χ4v) is 2.59. The van der Waals surface area contributed by atoms with E-state index in [0.717, 1.165) is 0 Å². The minimum atomic E-state index is -0.665. The summed E-state index contributed by atoms with van der Waals surface area (Å²) in [6, 6.07) is 5.34. The minimum absolute atomic E-state index is 0.343. The van der Waals surface area contributed by atoms with Gasteiger partial charge in [-0.25, -0.2) is 9.18 Å². The number of aromatic nitrogens is 4. The quantitative estimate of drug-likeness (QED) is 0.851. The molecule has 1 aliphatic heterocycles. The van der Waals surface area contributed by atoms with Gasteiger partial charge in [-0.05, 0) is 55.8 Å². The van der Waals surface area contributed by atoms with Crippen LogP contribution >= 0.6 is 0 Å². The molecule has 0 bridgehead atoms. The van der Waals surface area contributed by atoms with E-state index in [9.17, 15) is 9.18 Å². The molecular weight excluding hydrogens is 313 g/mol. The smallest absolute Gasteiger partial charge is 0.338 e. The molecule has 7 nitrogen and oxygen atoms in total. The topological polar surface area (TPSA) is 81.9 Å². The highest BCUT2D eigenvalue weighted by atomic mass is 19.1. The van der Waals surface area contributed by atoms with Gasteiger partial charge >= 0.3 is 5.97 Å². The van der Waals surface area contributed by atoms with Crippen LogP contribution in [0.25, 0.3) is 0 Å². The Morgan fingerprint density at radius 3 is 2.79 bits per heavy atom. The van der Waals surface area contributed by atoms with Crippen LogP contribution in [0.15, 0.2) is 35.5 Å². The SMILES string of the molecule is CC1=C(C(=O)OC(C)(C)C)C(c2cccc(F)c2)n2nnnc2N1. The Bertz CT molecular complexity index is 822. The van der Waals surface area contributed by atoms with Crippen molar-refractivity contribution in [3.63, 3.8) is 0 Å². The fraction of sp³-hybridized carbons (Fsp3) is 0.375. The lowest BCUT2D eigenvalue weighted by Crippen LogP contribution is -2.33. The van der Waals surface area contributed by atoms with E-state index in [4.69, 9.17) is 4.74 Å². The number of nitrogens with zero attached hydrogens (tertiary/aromatic N) is 4. The molecule has 1 aromatic carbocycles. The van der Waals surface area contributed by atoms with Crippen LogP contribution in [0.3, 0.4) is 0 Å². The first-order valence-electron chi connectivity index (χ1n) is 7.51. The Balaban J connectivity index is 2.12. The zero-order valence-electron chi connectivity index (χ0n) is 13.9. The van der Waals surface area contributed by atoms with Crippen LogP contribution in [0, 0.1) is 5.82 Å². The molecule has 0 aliphatic carbocycles. The summed E-state index contributed by atoms with van der Waals surface area (Å²) in [5.41, 5.74) is 0.818. The largest absolute Gasteiger partial charge is 0.456 e. The summed E-state index contributed by atoms with van der Waals surface area (Å²) in [5.74, 6) is -0.515. The fourth-order valence-electron chi connectivity index (χ4n) is 2.59. The third-order valence-corrected chi connectivity index (χ3v) is 3.50. The van der Waals surface area contributed by atoms with E-state index in [1.54, 1.807) is 39.8 Å². The molecule has 0 saturated carbocycles. The number of tetrazole rings is 1. The molecule has 0 saturated heterocycles. The molecule has 2 heterocycles. The summed E-state index contributed by atoms with van der Waals surface area (Å²) in [6.45, 7) is 7.10. The Morgan fingerprint density at radius 2 is 2.12 bits per heavy atom. The Labute approximate surface area is 138 Å². The molecule has 0 fully saturated rings. The number of carbonyl (C=O) groups is 1. The summed E-state index contributed by atoms with van der Waals surface area (Å²) in [6.07, 6.45) is 0. The number of allylic oxidation sites excluding steroid dienone is 1. The average molecular weight is 331 g/mol. The lowest BCUT2D eigenvalue weighted by atomic mass is 9.95. The zero-order chi connectivity index (χ0) is 17.5. The molecule has 24 heavy (non-hydrogen) atoms. The number of ether oxygens (including phenoxy) is 1. The van der Waals surface area contributed by atoms with Gasteiger partial charge in [0.2, 0.25) is 5.95 Å². The second-order valence-electron chi connectivity index (χ2n) is 6.57. The van der Waals surface area contributed by atoms with E-state index >= 15 is 0 Å². The summed E-state index contributed by atoms with van der Waals surface area (Å²) in [7, 11) is 0. The van der Waals surface area contributed by atoms with Crippen molar-refractivity contribution < 1.29 is 13.9 Å². The summed E-state index contributed by atoms with van der Waals surface area (Å²) >= 11 is 0. The van der Waals surface area contributed by atoms with E-state index in [2.05, 4.69) is 20.8 Å². The lowest BCUT2D eigenvalue weighted by molar-refractivity contribution is -0.150. The molecule has 0 amide bonds. The molecule has 1 unspecified atom stereocenters. The first kappa shape index (κ1) is 16.1. The van der Waals surface area contributed by atoms with Gasteiger partial charge in [0.25, 0.3) is 0 Å². The van der Waals surface area contributed by atoms with Crippen LogP contribution in [0.1, 0.15) is 39.3 Å². The second kappa shape index (κ2) is 5.70. The number of carbonyl (C=O) groups excluding carboxylic acids is 1. The summed E-state index contributed by atoms with van der Waals surface area (Å²) in [5, 5.41) is 14.4. The zero-order valence-corrected chi connectivity index (χ0v) is 13.9. The van der Waals surface area contributed by atoms with E-state index in [1.807, 2.05) is 0 Å². The molecule has 1 N–H and O–H groups in total. The van der Waals surface area contributed by atoms with Gasteiger partial charge in [-0.15, -0.1) is 0 Å². The van der Waals surface area contributed by atoms with Gasteiger partial charge in [0.15, 0.2) is 0 Å². The van der Waals surface area contributed by atoms with Crippen LogP contribution in [-0.2, 0) is 9.53 Å². The standard InChI is InChI=1S/C16H18FN5O2/c1-9-12(14(23)24-16(2,3)4)13(10-6-5-7-11(17)8-10)22-15(18-9)19-20-21-22/h5-8,13H,1-4H3,(H,18,19,21). The molecule has 2 aromatic rings. The van der Waals surface area contributed by atoms with Crippen molar-refractivity contribution in [2.24, 2.45) is 0 Å². The van der Waals surface area contributed by atoms with Gasteiger partial charge in [0.1, 0.15) is 17.5 Å². The second-order valence-corrected chi connectivity index (χ2v) is 6.57. The highest BCUT2D eigenvalue weighted by Gasteiger charge is 2.36. The number of benzene rings is 1. The molecule has 126 valence electrons. The normalized spacial score (nSPS) is 17.3. The molecular formula is C16H18FN5O2. The molecule has 1 aromatic heterocycles. The molecule has 1 aliphatic rings. The van der Waals surface area contributed by atoms with Crippen molar-refractivity contribution in [3.05, 3.63) is 46.9 Å². The molecule has 0 spiro atoms. The molecule has 8 heteroatoms. The molecule has 0 radical (unpaired) electrons. The van der Waals surface area contributed by atoms with Gasteiger partial charge in [0.05, 0.1) is 5.57 Å². The van der Waals surface area contributed by atoms with Crippen molar-refractivity contribution in [2.45, 2.75) is 39.3 Å². The monoisotopic (exact) mass is 331 g/mol. The number of nitrogens with one attached hydrogen (secondary N) is 1. The Kier molecular flexibility index (Phi) is 3.82. The number of anilines is 1. The van der Waals surface area contributed by atoms with Gasteiger partial charge in [-0.1, -0.05) is 17.2 Å². The van der Waals surface area contributed by atoms with Crippen molar-refractivity contribution in [1.82, 2.24) is 20.2 Å². The van der Waals surface area contributed by atoms with Crippen LogP contribution in [-0.4, -0.2) is 31.8 Å². The van der Waals surface area contributed by atoms with E-state index in [0.29, 0.717) is 22.8 Å². The molecule has 3 rings (SSSR count). The number of hydrogen-bond donors (Lipinski definition) is 1. The first-order valence-corrected chi connectivity index (χ1v) is 7.51. The van der Waals surface area contributed by atoms with Gasteiger partial charge in [0, 0.05) is 5.70 Å². The number of rotatable bonds is 2. The van der Waals surface area contributed by atoms with Gasteiger partial charge < -0.3 is 10.1 Å². The van der Waals surface area contributed by atoms with Crippen molar-refractivity contribution in [3.8, 4) is 0 Å². The number of esters is 1. The predicted octanol–water partition coefficient (Wildman–Crippen LogP) is 2.44. The van der Waals surface area contributed by atoms with Gasteiger partial charge in [-0.3, -0.25) is 0 Å². The predicted molar refractivity (Wildman–Crippen MR) is 84.5 cm³/mol. The molecule has 1 atom stereocenters. The van der Waals surface area contributed by atoms with Crippen molar-refractivity contribution in [2.75, 3.05) is 5.32 Å². The number of halogens is 1. The van der Waals surface area contributed by atoms with E-state index < -0.39 is 23.4 Å².